The summed E-state index contributed by atoms with van der Waals surface area (Å²) >= 11 is 0. The van der Waals surface area contributed by atoms with Crippen molar-refractivity contribution in [2.75, 3.05) is 6.61 Å². The van der Waals surface area contributed by atoms with Crippen molar-refractivity contribution in [1.29, 1.82) is 0 Å². The topological polar surface area (TPSA) is 49.3 Å². The molecule has 0 aromatic rings. The van der Waals surface area contributed by atoms with Gasteiger partial charge in [0.05, 0.1) is 6.61 Å². The van der Waals surface area contributed by atoms with Crippen LogP contribution in [-0.2, 0) is 4.79 Å². The van der Waals surface area contributed by atoms with Gasteiger partial charge in [-0.1, -0.05) is 70.4 Å². The maximum atomic E-state index is 11.5. The van der Waals surface area contributed by atoms with E-state index in [0.717, 1.165) is 12.8 Å². The average molecular weight is 340 g/mol. The van der Waals surface area contributed by atoms with Crippen LogP contribution in [0.3, 0.4) is 0 Å². The van der Waals surface area contributed by atoms with Crippen LogP contribution in [0.2, 0.25) is 0 Å². The summed E-state index contributed by atoms with van der Waals surface area (Å²) in [6.45, 7) is 4.09. The Bertz CT molecular complexity index is 302. The van der Waals surface area contributed by atoms with E-state index in [2.05, 4.69) is 24.4 Å². The first-order valence-corrected chi connectivity index (χ1v) is 10.3. The van der Waals surface area contributed by atoms with Crippen molar-refractivity contribution >= 4 is 5.91 Å². The second-order valence-corrected chi connectivity index (χ2v) is 6.99. The number of aliphatic hydroxyl groups is 1. The Morgan fingerprint density at radius 2 is 1.38 bits per heavy atom. The average Bonchev–Trinajstić information content (AvgIpc) is 2.58. The summed E-state index contributed by atoms with van der Waals surface area (Å²) < 4.78 is 0. The number of unbranched alkanes of at least 4 members (excludes halogenated alkanes) is 11. The Balaban J connectivity index is 3.22. The summed E-state index contributed by atoms with van der Waals surface area (Å²) in [6.07, 6.45) is 21.8. The molecule has 0 saturated carbocycles. The zero-order valence-corrected chi connectivity index (χ0v) is 16.2. The fourth-order valence-electron chi connectivity index (χ4n) is 2.75. The lowest BCUT2D eigenvalue weighted by Gasteiger charge is -2.10. The monoisotopic (exact) mass is 339 g/mol. The lowest BCUT2D eigenvalue weighted by Crippen LogP contribution is -2.34. The molecule has 0 fully saturated rings. The van der Waals surface area contributed by atoms with Crippen LogP contribution in [0.15, 0.2) is 12.2 Å². The van der Waals surface area contributed by atoms with E-state index >= 15 is 0 Å². The van der Waals surface area contributed by atoms with E-state index in [1.54, 1.807) is 0 Å². The molecule has 0 aliphatic heterocycles. The van der Waals surface area contributed by atoms with E-state index in [1.165, 1.54) is 70.6 Å². The predicted octanol–water partition coefficient (Wildman–Crippen LogP) is 5.52. The zero-order valence-electron chi connectivity index (χ0n) is 16.2. The van der Waals surface area contributed by atoms with Crippen LogP contribution >= 0.6 is 0 Å². The maximum Gasteiger partial charge on any atom is 0.220 e. The highest BCUT2D eigenvalue weighted by Crippen LogP contribution is 2.09. The number of allylic oxidation sites excluding steroid dienone is 2. The minimum absolute atomic E-state index is 0.0120. The fourth-order valence-corrected chi connectivity index (χ4v) is 2.75. The zero-order chi connectivity index (χ0) is 17.9. The summed E-state index contributed by atoms with van der Waals surface area (Å²) in [5.74, 6) is 0.0641. The van der Waals surface area contributed by atoms with E-state index in [1.807, 2.05) is 6.92 Å². The molecule has 3 nitrogen and oxygen atoms in total. The highest BCUT2D eigenvalue weighted by molar-refractivity contribution is 5.76. The van der Waals surface area contributed by atoms with Gasteiger partial charge in [0.1, 0.15) is 0 Å². The van der Waals surface area contributed by atoms with Crippen molar-refractivity contribution in [3.05, 3.63) is 12.2 Å². The molecule has 0 aliphatic carbocycles. The van der Waals surface area contributed by atoms with Gasteiger partial charge in [-0.25, -0.2) is 0 Å². The van der Waals surface area contributed by atoms with Crippen LogP contribution in [-0.4, -0.2) is 23.7 Å². The summed E-state index contributed by atoms with van der Waals surface area (Å²) in [5.41, 5.74) is 0. The smallest absolute Gasteiger partial charge is 0.220 e. The Morgan fingerprint density at radius 3 is 1.92 bits per heavy atom. The minimum Gasteiger partial charge on any atom is -0.394 e. The molecule has 3 heteroatoms. The first kappa shape index (κ1) is 23.2. The van der Waals surface area contributed by atoms with E-state index < -0.39 is 0 Å². The number of hydrogen-bond acceptors (Lipinski definition) is 2. The van der Waals surface area contributed by atoms with Crippen molar-refractivity contribution < 1.29 is 9.90 Å². The van der Waals surface area contributed by atoms with Gasteiger partial charge in [0.25, 0.3) is 0 Å². The van der Waals surface area contributed by atoms with Crippen molar-refractivity contribution in [3.63, 3.8) is 0 Å². The molecule has 0 aromatic carbocycles. The number of aliphatic hydroxyl groups excluding tert-OH is 1. The van der Waals surface area contributed by atoms with Gasteiger partial charge in [-0.05, 0) is 39.0 Å². The fraction of sp³-hybridized carbons (Fsp3) is 0.857. The molecule has 24 heavy (non-hydrogen) atoms. The Kier molecular flexibility index (Phi) is 17.9. The summed E-state index contributed by atoms with van der Waals surface area (Å²) in [5, 5.41) is 11.6. The van der Waals surface area contributed by atoms with Crippen LogP contribution in [0.1, 0.15) is 104 Å². The lowest BCUT2D eigenvalue weighted by atomic mass is 10.1. The molecular formula is C21H41NO2. The third-order valence-electron chi connectivity index (χ3n) is 4.35. The van der Waals surface area contributed by atoms with Crippen LogP contribution < -0.4 is 5.32 Å². The van der Waals surface area contributed by atoms with Gasteiger partial charge in [0.2, 0.25) is 5.91 Å². The second-order valence-electron chi connectivity index (χ2n) is 6.99. The molecular weight excluding hydrogens is 298 g/mol. The maximum absolute atomic E-state index is 11.5. The van der Waals surface area contributed by atoms with E-state index in [4.69, 9.17) is 5.11 Å². The summed E-state index contributed by atoms with van der Waals surface area (Å²) in [4.78, 5) is 11.5. The standard InChI is InChI=1S/C21H41NO2/c1-3-4-5-6-7-8-9-10-11-12-13-14-15-16-17-18-21(24)22-20(2)19-23/h10-11,20,23H,3-9,12-19H2,1-2H3,(H,22,24)/b11-10+. The summed E-state index contributed by atoms with van der Waals surface area (Å²) in [6, 6.07) is -0.124. The van der Waals surface area contributed by atoms with Crippen LogP contribution in [0.5, 0.6) is 0 Å². The molecule has 0 aliphatic rings. The number of hydrogen-bond donors (Lipinski definition) is 2. The highest BCUT2D eigenvalue weighted by atomic mass is 16.3. The largest absolute Gasteiger partial charge is 0.394 e. The summed E-state index contributed by atoms with van der Waals surface area (Å²) in [7, 11) is 0. The van der Waals surface area contributed by atoms with Crippen molar-refractivity contribution in [2.24, 2.45) is 0 Å². The van der Waals surface area contributed by atoms with Crippen LogP contribution in [0.25, 0.3) is 0 Å². The molecule has 142 valence electrons. The molecule has 2 N–H and O–H groups in total. The van der Waals surface area contributed by atoms with Crippen molar-refractivity contribution in [2.45, 2.75) is 110 Å². The van der Waals surface area contributed by atoms with Gasteiger partial charge in [-0.2, -0.15) is 0 Å². The first-order chi connectivity index (χ1) is 11.7. The predicted molar refractivity (Wildman–Crippen MR) is 104 cm³/mol. The Labute approximate surface area is 150 Å². The van der Waals surface area contributed by atoms with Gasteiger partial charge < -0.3 is 10.4 Å². The van der Waals surface area contributed by atoms with Crippen LogP contribution in [0, 0.1) is 0 Å². The highest BCUT2D eigenvalue weighted by Gasteiger charge is 2.05. The molecule has 1 amide bonds. The van der Waals surface area contributed by atoms with Crippen molar-refractivity contribution in [3.8, 4) is 0 Å². The van der Waals surface area contributed by atoms with Gasteiger partial charge in [-0.3, -0.25) is 4.79 Å². The molecule has 0 spiro atoms. The molecule has 0 aromatic heterocycles. The van der Waals surface area contributed by atoms with Crippen LogP contribution in [0.4, 0.5) is 0 Å². The minimum atomic E-state index is -0.124. The Hall–Kier alpha value is -0.830. The lowest BCUT2D eigenvalue weighted by molar-refractivity contribution is -0.122. The number of amides is 1. The normalized spacial score (nSPS) is 12.6. The van der Waals surface area contributed by atoms with E-state index in [-0.39, 0.29) is 18.6 Å². The molecule has 1 atom stereocenters. The third kappa shape index (κ3) is 17.5. The SMILES string of the molecule is CCCCCCCC/C=C/CCCCCCCC(=O)NC(C)CO. The molecule has 1 unspecified atom stereocenters. The number of rotatable bonds is 17. The van der Waals surface area contributed by atoms with Gasteiger partial charge in [-0.15, -0.1) is 0 Å². The van der Waals surface area contributed by atoms with Gasteiger partial charge >= 0.3 is 0 Å². The van der Waals surface area contributed by atoms with Gasteiger partial charge in [0.15, 0.2) is 0 Å². The third-order valence-corrected chi connectivity index (χ3v) is 4.35. The number of carbonyl (C=O) groups is 1. The van der Waals surface area contributed by atoms with E-state index in [0.29, 0.717) is 6.42 Å². The van der Waals surface area contributed by atoms with Gasteiger partial charge in [0, 0.05) is 12.5 Å². The number of carbonyl (C=O) groups excluding carboxylic acids is 1. The Morgan fingerprint density at radius 1 is 0.875 bits per heavy atom. The molecule has 0 bridgehead atoms. The molecule has 0 rings (SSSR count). The second kappa shape index (κ2) is 18.5. The van der Waals surface area contributed by atoms with E-state index in [9.17, 15) is 4.79 Å². The quantitative estimate of drug-likeness (QED) is 0.271. The van der Waals surface area contributed by atoms with Crippen molar-refractivity contribution in [1.82, 2.24) is 5.32 Å². The number of nitrogens with one attached hydrogen (secondary N) is 1. The first-order valence-electron chi connectivity index (χ1n) is 10.3. The molecule has 0 saturated heterocycles. The molecule has 0 heterocycles. The molecule has 0 radical (unpaired) electrons.